The summed E-state index contributed by atoms with van der Waals surface area (Å²) in [7, 11) is 0. The van der Waals surface area contributed by atoms with Crippen molar-refractivity contribution in [3.8, 4) is 0 Å². The van der Waals surface area contributed by atoms with E-state index in [2.05, 4.69) is 33.0 Å². The first-order valence-electron chi connectivity index (χ1n) is 9.90. The second-order valence-electron chi connectivity index (χ2n) is 9.08. The maximum atomic E-state index is 12.1. The zero-order valence-corrected chi connectivity index (χ0v) is 16.9. The minimum absolute atomic E-state index is 0.00917. The lowest BCUT2D eigenvalue weighted by atomic mass is 9.93. The molecule has 3 N–H and O–H groups in total. The standard InChI is InChI=1S/C20H40N2O3/c1-19(2,13-21)15-24-16-20(3,4)14-22-18(23)12-25-17-10-8-6-5-7-9-11-17/h17H,5-16,21H2,1-4H3,(H,22,23). The Balaban J connectivity index is 2.20. The van der Waals surface area contributed by atoms with Gasteiger partial charge in [-0.2, -0.15) is 0 Å². The van der Waals surface area contributed by atoms with Crippen molar-refractivity contribution in [3.05, 3.63) is 0 Å². The Bertz CT molecular complexity index is 375. The third-order valence-corrected chi connectivity index (χ3v) is 4.80. The molecule has 5 nitrogen and oxygen atoms in total. The molecule has 1 aliphatic carbocycles. The van der Waals surface area contributed by atoms with Gasteiger partial charge in [-0.25, -0.2) is 0 Å². The average molecular weight is 357 g/mol. The highest BCUT2D eigenvalue weighted by Crippen LogP contribution is 2.20. The molecule has 1 rings (SSSR count). The Morgan fingerprint density at radius 2 is 1.56 bits per heavy atom. The monoisotopic (exact) mass is 356 g/mol. The quantitative estimate of drug-likeness (QED) is 0.630. The number of nitrogens with one attached hydrogen (secondary N) is 1. The minimum Gasteiger partial charge on any atom is -0.380 e. The zero-order valence-electron chi connectivity index (χ0n) is 16.9. The van der Waals surface area contributed by atoms with E-state index in [-0.39, 0.29) is 29.4 Å². The van der Waals surface area contributed by atoms with Crippen LogP contribution in [-0.2, 0) is 14.3 Å². The highest BCUT2D eigenvalue weighted by atomic mass is 16.5. The SMILES string of the molecule is CC(C)(CN)COCC(C)(C)CNC(=O)COC1CCCCCCC1. The summed E-state index contributed by atoms with van der Waals surface area (Å²) < 4.78 is 11.6. The van der Waals surface area contributed by atoms with Crippen LogP contribution in [-0.4, -0.2) is 44.9 Å². The Hall–Kier alpha value is -0.650. The van der Waals surface area contributed by atoms with E-state index in [1.807, 2.05) is 0 Å². The van der Waals surface area contributed by atoms with Gasteiger partial charge in [-0.05, 0) is 19.4 Å². The zero-order chi connectivity index (χ0) is 18.8. The lowest BCUT2D eigenvalue weighted by Gasteiger charge is -2.28. The van der Waals surface area contributed by atoms with Crippen LogP contribution in [0.5, 0.6) is 0 Å². The first-order chi connectivity index (χ1) is 11.7. The number of nitrogens with two attached hydrogens (primary N) is 1. The van der Waals surface area contributed by atoms with Crippen LogP contribution in [0.3, 0.4) is 0 Å². The van der Waals surface area contributed by atoms with Crippen molar-refractivity contribution in [3.63, 3.8) is 0 Å². The van der Waals surface area contributed by atoms with Crippen LogP contribution in [0.2, 0.25) is 0 Å². The lowest BCUT2D eigenvalue weighted by Crippen LogP contribution is -2.40. The summed E-state index contributed by atoms with van der Waals surface area (Å²) in [6.07, 6.45) is 8.79. The van der Waals surface area contributed by atoms with Crippen LogP contribution in [0.25, 0.3) is 0 Å². The van der Waals surface area contributed by atoms with E-state index in [0.29, 0.717) is 26.3 Å². The molecular weight excluding hydrogens is 316 g/mol. The smallest absolute Gasteiger partial charge is 0.246 e. The molecule has 0 bridgehead atoms. The molecule has 0 heterocycles. The largest absolute Gasteiger partial charge is 0.380 e. The van der Waals surface area contributed by atoms with Crippen molar-refractivity contribution in [2.24, 2.45) is 16.6 Å². The lowest BCUT2D eigenvalue weighted by molar-refractivity contribution is -0.128. The number of carbonyl (C=O) groups is 1. The van der Waals surface area contributed by atoms with Gasteiger partial charge < -0.3 is 20.5 Å². The van der Waals surface area contributed by atoms with E-state index >= 15 is 0 Å². The van der Waals surface area contributed by atoms with Gasteiger partial charge in [0.1, 0.15) is 6.61 Å². The van der Waals surface area contributed by atoms with Crippen LogP contribution in [0, 0.1) is 10.8 Å². The maximum absolute atomic E-state index is 12.1. The van der Waals surface area contributed by atoms with Crippen LogP contribution >= 0.6 is 0 Å². The van der Waals surface area contributed by atoms with Crippen LogP contribution in [0.15, 0.2) is 0 Å². The molecule has 0 aromatic heterocycles. The topological polar surface area (TPSA) is 73.6 Å². The summed E-state index contributed by atoms with van der Waals surface area (Å²) in [5, 5.41) is 2.98. The number of hydrogen-bond donors (Lipinski definition) is 2. The van der Waals surface area contributed by atoms with Crippen molar-refractivity contribution < 1.29 is 14.3 Å². The first kappa shape index (κ1) is 22.4. The highest BCUT2D eigenvalue weighted by molar-refractivity contribution is 5.77. The van der Waals surface area contributed by atoms with Crippen LogP contribution in [0.1, 0.15) is 72.6 Å². The molecule has 1 saturated carbocycles. The molecule has 1 fully saturated rings. The summed E-state index contributed by atoms with van der Waals surface area (Å²) >= 11 is 0. The van der Waals surface area contributed by atoms with Crippen molar-refractivity contribution in [1.29, 1.82) is 0 Å². The number of rotatable bonds is 10. The van der Waals surface area contributed by atoms with Gasteiger partial charge in [0.2, 0.25) is 5.91 Å². The van der Waals surface area contributed by atoms with Crippen LogP contribution in [0.4, 0.5) is 0 Å². The van der Waals surface area contributed by atoms with E-state index in [4.69, 9.17) is 15.2 Å². The van der Waals surface area contributed by atoms with Crippen LogP contribution < -0.4 is 11.1 Å². The molecule has 0 atom stereocenters. The number of carbonyl (C=O) groups excluding carboxylic acids is 1. The Morgan fingerprint density at radius 3 is 2.16 bits per heavy atom. The van der Waals surface area contributed by atoms with E-state index in [1.54, 1.807) is 0 Å². The third kappa shape index (κ3) is 10.8. The van der Waals surface area contributed by atoms with Crippen molar-refractivity contribution in [2.45, 2.75) is 78.7 Å². The Labute approximate surface area is 154 Å². The Kier molecular flexibility index (Phi) is 9.98. The third-order valence-electron chi connectivity index (χ3n) is 4.80. The van der Waals surface area contributed by atoms with Gasteiger partial charge >= 0.3 is 0 Å². The van der Waals surface area contributed by atoms with Gasteiger partial charge in [-0.15, -0.1) is 0 Å². The van der Waals surface area contributed by atoms with Gasteiger partial charge in [0.15, 0.2) is 0 Å². The average Bonchev–Trinajstić information content (AvgIpc) is 2.51. The highest BCUT2D eigenvalue weighted by Gasteiger charge is 2.22. The fourth-order valence-electron chi connectivity index (χ4n) is 2.88. The molecule has 0 aromatic carbocycles. The molecule has 0 aliphatic heterocycles. The van der Waals surface area contributed by atoms with Gasteiger partial charge in [0.05, 0.1) is 19.3 Å². The molecular formula is C20H40N2O3. The fraction of sp³-hybridized carbons (Fsp3) is 0.950. The van der Waals surface area contributed by atoms with Gasteiger partial charge in [-0.3, -0.25) is 4.79 Å². The predicted molar refractivity (Wildman–Crippen MR) is 103 cm³/mol. The molecule has 0 saturated heterocycles. The van der Waals surface area contributed by atoms with Crippen molar-refractivity contribution >= 4 is 5.91 Å². The molecule has 5 heteroatoms. The van der Waals surface area contributed by atoms with E-state index in [0.717, 1.165) is 12.8 Å². The predicted octanol–water partition coefficient (Wildman–Crippen LogP) is 3.26. The summed E-state index contributed by atoms with van der Waals surface area (Å²) in [6, 6.07) is 0. The summed E-state index contributed by atoms with van der Waals surface area (Å²) in [6.45, 7) is 11.0. The summed E-state index contributed by atoms with van der Waals surface area (Å²) in [5.74, 6) is -0.0302. The van der Waals surface area contributed by atoms with Crippen molar-refractivity contribution in [1.82, 2.24) is 5.32 Å². The second-order valence-corrected chi connectivity index (χ2v) is 9.08. The number of hydrogen-bond acceptors (Lipinski definition) is 4. The second kappa shape index (κ2) is 11.1. The molecule has 0 radical (unpaired) electrons. The minimum atomic E-state index is -0.111. The normalized spacial score (nSPS) is 17.8. The summed E-state index contributed by atoms with van der Waals surface area (Å²) in [5.41, 5.74) is 5.60. The van der Waals surface area contributed by atoms with Crippen molar-refractivity contribution in [2.75, 3.05) is 32.9 Å². The Morgan fingerprint density at radius 1 is 1.00 bits per heavy atom. The number of amides is 1. The first-order valence-corrected chi connectivity index (χ1v) is 9.90. The molecule has 148 valence electrons. The molecule has 1 aliphatic rings. The molecule has 0 unspecified atom stereocenters. The van der Waals surface area contributed by atoms with E-state index < -0.39 is 0 Å². The molecule has 0 spiro atoms. The molecule has 1 amide bonds. The van der Waals surface area contributed by atoms with Gasteiger partial charge in [0, 0.05) is 17.4 Å². The fourth-order valence-corrected chi connectivity index (χ4v) is 2.88. The van der Waals surface area contributed by atoms with Gasteiger partial charge in [-0.1, -0.05) is 59.8 Å². The summed E-state index contributed by atoms with van der Waals surface area (Å²) in [4.78, 5) is 12.1. The van der Waals surface area contributed by atoms with Gasteiger partial charge in [0.25, 0.3) is 0 Å². The number of ether oxygens (including phenoxy) is 2. The van der Waals surface area contributed by atoms with E-state index in [9.17, 15) is 4.79 Å². The maximum Gasteiger partial charge on any atom is 0.246 e. The molecule has 0 aromatic rings. The van der Waals surface area contributed by atoms with E-state index in [1.165, 1.54) is 32.1 Å². The molecule has 25 heavy (non-hydrogen) atoms.